The molecule has 0 saturated carbocycles. The average Bonchev–Trinajstić information content (AvgIpc) is 2.60. The second-order valence-corrected chi connectivity index (χ2v) is 4.78. The van der Waals surface area contributed by atoms with Gasteiger partial charge in [0.2, 0.25) is 0 Å². The van der Waals surface area contributed by atoms with E-state index in [1.807, 2.05) is 0 Å². The molecule has 0 N–H and O–H groups in total. The van der Waals surface area contributed by atoms with Crippen molar-refractivity contribution in [3.63, 3.8) is 0 Å². The predicted molar refractivity (Wildman–Crippen MR) is 66.3 cm³/mol. The first-order valence-electron chi connectivity index (χ1n) is 4.46. The Morgan fingerprint density at radius 2 is 1.94 bits per heavy atom. The molecule has 0 amide bonds. The molecule has 1 heterocycles. The summed E-state index contributed by atoms with van der Waals surface area (Å²) in [6, 6.07) is 7.48. The van der Waals surface area contributed by atoms with E-state index in [1.54, 1.807) is 46.9 Å². The van der Waals surface area contributed by atoms with E-state index < -0.39 is 11.9 Å². The van der Waals surface area contributed by atoms with Gasteiger partial charge in [-0.05, 0) is 40.8 Å². The lowest BCUT2D eigenvalue weighted by molar-refractivity contribution is -0.141. The minimum absolute atomic E-state index is 0.372. The van der Waals surface area contributed by atoms with Crippen LogP contribution in [-0.4, -0.2) is 9.78 Å². The molecule has 0 spiro atoms. The second-order valence-electron chi connectivity index (χ2n) is 3.24. The van der Waals surface area contributed by atoms with Crippen molar-refractivity contribution in [3.8, 4) is 5.69 Å². The van der Waals surface area contributed by atoms with E-state index in [-0.39, 0.29) is 0 Å². The van der Waals surface area contributed by atoms with Crippen molar-refractivity contribution < 1.29 is 13.2 Å². The minimum Gasteiger partial charge on any atom is -0.227 e. The van der Waals surface area contributed by atoms with E-state index in [1.165, 1.54) is 4.68 Å². The number of alkyl halides is 3. The van der Waals surface area contributed by atoms with Gasteiger partial charge in [0, 0.05) is 11.1 Å². The summed E-state index contributed by atoms with van der Waals surface area (Å²) < 4.78 is 39.0. The third-order valence-corrected chi connectivity index (χ3v) is 3.01. The molecule has 2 aromatic rings. The SMILES string of the molecule is FC(F)(F)c1cc(I)n(-c2cccc(Cl)c2)n1. The van der Waals surface area contributed by atoms with Crippen LogP contribution in [0.3, 0.4) is 0 Å². The smallest absolute Gasteiger partial charge is 0.227 e. The highest BCUT2D eigenvalue weighted by Crippen LogP contribution is 2.30. The first-order chi connectivity index (χ1) is 7.88. The zero-order valence-corrected chi connectivity index (χ0v) is 11.1. The maximum Gasteiger partial charge on any atom is 0.435 e. The predicted octanol–water partition coefficient (Wildman–Crippen LogP) is 4.15. The Balaban J connectivity index is 2.50. The Kier molecular flexibility index (Phi) is 3.35. The molecular weight excluding hydrogens is 367 g/mol. The maximum absolute atomic E-state index is 12.5. The molecule has 0 aliphatic rings. The van der Waals surface area contributed by atoms with Gasteiger partial charge in [0.1, 0.15) is 3.70 Å². The van der Waals surface area contributed by atoms with Crippen LogP contribution in [0, 0.1) is 3.70 Å². The second kappa shape index (κ2) is 4.49. The number of rotatable bonds is 1. The summed E-state index contributed by atoms with van der Waals surface area (Å²) >= 11 is 7.57. The highest BCUT2D eigenvalue weighted by atomic mass is 127. The number of hydrogen-bond acceptors (Lipinski definition) is 1. The van der Waals surface area contributed by atoms with Crippen molar-refractivity contribution in [2.75, 3.05) is 0 Å². The van der Waals surface area contributed by atoms with Gasteiger partial charge in [0.05, 0.1) is 5.69 Å². The van der Waals surface area contributed by atoms with E-state index >= 15 is 0 Å². The molecule has 2 nitrogen and oxygen atoms in total. The third kappa shape index (κ3) is 2.74. The van der Waals surface area contributed by atoms with Crippen molar-refractivity contribution in [1.82, 2.24) is 9.78 Å². The van der Waals surface area contributed by atoms with Crippen LogP contribution in [-0.2, 0) is 6.18 Å². The van der Waals surface area contributed by atoms with Gasteiger partial charge < -0.3 is 0 Å². The van der Waals surface area contributed by atoms with Crippen LogP contribution >= 0.6 is 34.2 Å². The van der Waals surface area contributed by atoms with Crippen molar-refractivity contribution in [2.24, 2.45) is 0 Å². The molecule has 17 heavy (non-hydrogen) atoms. The van der Waals surface area contributed by atoms with E-state index in [0.717, 1.165) is 6.07 Å². The average molecular weight is 373 g/mol. The monoisotopic (exact) mass is 372 g/mol. The van der Waals surface area contributed by atoms with Crippen molar-refractivity contribution in [1.29, 1.82) is 0 Å². The molecule has 7 heteroatoms. The van der Waals surface area contributed by atoms with Gasteiger partial charge in [-0.15, -0.1) is 0 Å². The van der Waals surface area contributed by atoms with Crippen molar-refractivity contribution >= 4 is 34.2 Å². The molecule has 1 aromatic carbocycles. The van der Waals surface area contributed by atoms with Gasteiger partial charge in [-0.1, -0.05) is 17.7 Å². The summed E-state index contributed by atoms with van der Waals surface area (Å²) in [5.41, 5.74) is -0.417. The lowest BCUT2D eigenvalue weighted by atomic mass is 10.3. The lowest BCUT2D eigenvalue weighted by Gasteiger charge is -2.04. The quantitative estimate of drug-likeness (QED) is 0.688. The zero-order chi connectivity index (χ0) is 12.6. The van der Waals surface area contributed by atoms with E-state index in [2.05, 4.69) is 5.10 Å². The number of aromatic nitrogens is 2. The molecular formula is C10H5ClF3IN2. The first-order valence-corrected chi connectivity index (χ1v) is 5.92. The van der Waals surface area contributed by atoms with Crippen LogP contribution in [0.15, 0.2) is 30.3 Å². The number of hydrogen-bond donors (Lipinski definition) is 0. The fourth-order valence-corrected chi connectivity index (χ4v) is 2.15. The topological polar surface area (TPSA) is 17.8 Å². The van der Waals surface area contributed by atoms with Crippen molar-refractivity contribution in [3.05, 3.63) is 44.7 Å². The number of benzene rings is 1. The van der Waals surface area contributed by atoms with Gasteiger partial charge >= 0.3 is 6.18 Å². The summed E-state index contributed by atoms with van der Waals surface area (Å²) in [6.45, 7) is 0. The molecule has 0 fully saturated rings. The fourth-order valence-electron chi connectivity index (χ4n) is 1.29. The van der Waals surface area contributed by atoms with Crippen molar-refractivity contribution in [2.45, 2.75) is 6.18 Å². The maximum atomic E-state index is 12.5. The van der Waals surface area contributed by atoms with E-state index in [0.29, 0.717) is 14.4 Å². The van der Waals surface area contributed by atoms with Gasteiger partial charge in [-0.2, -0.15) is 18.3 Å². The Labute approximate surface area is 114 Å². The van der Waals surface area contributed by atoms with Gasteiger partial charge in [0.15, 0.2) is 5.69 Å². The Hall–Kier alpha value is -0.760. The fraction of sp³-hybridized carbons (Fsp3) is 0.100. The normalized spacial score (nSPS) is 11.8. The lowest BCUT2D eigenvalue weighted by Crippen LogP contribution is -2.07. The van der Waals surface area contributed by atoms with Crippen LogP contribution in [0.4, 0.5) is 13.2 Å². The number of nitrogens with zero attached hydrogens (tertiary/aromatic N) is 2. The summed E-state index contributed by atoms with van der Waals surface area (Å²) in [5, 5.41) is 3.96. The standard InChI is InChI=1S/C10H5ClF3IN2/c11-6-2-1-3-7(4-6)17-9(15)5-8(16-17)10(12,13)14/h1-5H. The molecule has 90 valence electrons. The highest BCUT2D eigenvalue weighted by Gasteiger charge is 2.34. The summed E-state index contributed by atoms with van der Waals surface area (Å²) in [7, 11) is 0. The van der Waals surface area contributed by atoms with E-state index in [9.17, 15) is 13.2 Å². The van der Waals surface area contributed by atoms with Gasteiger partial charge in [0.25, 0.3) is 0 Å². The zero-order valence-electron chi connectivity index (χ0n) is 8.17. The summed E-state index contributed by atoms with van der Waals surface area (Å²) in [5.74, 6) is 0. The molecule has 0 atom stereocenters. The summed E-state index contributed by atoms with van der Waals surface area (Å²) in [4.78, 5) is 0. The first kappa shape index (κ1) is 12.7. The molecule has 0 bridgehead atoms. The molecule has 0 aliphatic heterocycles. The van der Waals surface area contributed by atoms with Gasteiger partial charge in [-0.25, -0.2) is 4.68 Å². The van der Waals surface area contributed by atoms with Gasteiger partial charge in [-0.3, -0.25) is 0 Å². The molecule has 0 saturated heterocycles. The van der Waals surface area contributed by atoms with Crippen LogP contribution in [0.5, 0.6) is 0 Å². The Morgan fingerprint density at radius 1 is 1.24 bits per heavy atom. The third-order valence-electron chi connectivity index (χ3n) is 2.01. The molecule has 0 radical (unpaired) electrons. The Morgan fingerprint density at radius 3 is 2.47 bits per heavy atom. The van der Waals surface area contributed by atoms with Crippen LogP contribution in [0.2, 0.25) is 5.02 Å². The van der Waals surface area contributed by atoms with Crippen LogP contribution in [0.25, 0.3) is 5.69 Å². The summed E-state index contributed by atoms with van der Waals surface area (Å²) in [6.07, 6.45) is -4.44. The molecule has 1 aromatic heterocycles. The minimum atomic E-state index is -4.44. The highest BCUT2D eigenvalue weighted by molar-refractivity contribution is 14.1. The van der Waals surface area contributed by atoms with E-state index in [4.69, 9.17) is 11.6 Å². The number of halogens is 5. The molecule has 0 unspecified atom stereocenters. The molecule has 0 aliphatic carbocycles. The Bertz CT molecular complexity index is 551. The molecule has 2 rings (SSSR count). The van der Waals surface area contributed by atoms with Crippen LogP contribution in [0.1, 0.15) is 5.69 Å². The largest absolute Gasteiger partial charge is 0.435 e. The van der Waals surface area contributed by atoms with Crippen LogP contribution < -0.4 is 0 Å².